The lowest BCUT2D eigenvalue weighted by Gasteiger charge is -2.54. The Hall–Kier alpha value is -1.15. The molecule has 0 radical (unpaired) electrons. The maximum Gasteiger partial charge on any atom is 0.297 e. The van der Waals surface area contributed by atoms with Crippen molar-refractivity contribution in [1.29, 1.82) is 0 Å². The van der Waals surface area contributed by atoms with Crippen molar-refractivity contribution in [3.05, 3.63) is 24.3 Å². The molecule has 4 nitrogen and oxygen atoms in total. The Morgan fingerprint density at radius 1 is 0.625 bits per heavy atom. The Labute approximate surface area is 146 Å². The molecule has 0 aromatic carbocycles. The number of hydrogen-bond donors (Lipinski definition) is 0. The number of fused-ring (bicyclic) bond motifs is 1. The molecule has 0 heterocycles. The monoisotopic (exact) mass is 364 g/mol. The van der Waals surface area contributed by atoms with E-state index in [2.05, 4.69) is 24.3 Å². The number of carbonyl (C=O) groups is 2. The van der Waals surface area contributed by atoms with Gasteiger partial charge in [0.25, 0.3) is 11.9 Å². The highest BCUT2D eigenvalue weighted by atomic mass is 28.4. The van der Waals surface area contributed by atoms with E-state index in [1.54, 1.807) is 0 Å². The average molecular weight is 365 g/mol. The molecule has 0 saturated heterocycles. The first-order valence-corrected chi connectivity index (χ1v) is 15.6. The minimum atomic E-state index is -2.00. The molecule has 0 amide bonds. The summed E-state index contributed by atoms with van der Waals surface area (Å²) in [5.74, 6) is -0.343. The van der Waals surface area contributed by atoms with Crippen molar-refractivity contribution >= 4 is 28.6 Å². The normalized spacial score (nSPS) is 36.8. The summed E-state index contributed by atoms with van der Waals surface area (Å²) in [6.45, 7) is 12.0. The summed E-state index contributed by atoms with van der Waals surface area (Å²) in [4.78, 5) is 25.8. The van der Waals surface area contributed by atoms with Crippen molar-refractivity contribution in [2.24, 2.45) is 35.5 Å². The van der Waals surface area contributed by atoms with E-state index < -0.39 is 28.5 Å². The summed E-state index contributed by atoms with van der Waals surface area (Å²) in [6, 6.07) is 0. The number of hydrogen-bond acceptors (Lipinski definition) is 4. The van der Waals surface area contributed by atoms with Crippen molar-refractivity contribution in [2.75, 3.05) is 0 Å². The van der Waals surface area contributed by atoms with Crippen LogP contribution >= 0.6 is 0 Å². The fraction of sp³-hybridized carbons (Fsp3) is 0.667. The molecule has 1 fully saturated rings. The molecule has 0 spiro atoms. The van der Waals surface area contributed by atoms with E-state index in [-0.39, 0.29) is 23.8 Å². The standard InChI is InChI=1S/C18H28O4Si2/c1-23(2,3)21-17(19)15-13-9-10-14(12-8-7-11(12)13)16(15)18(20)22-24(4,5)6/h7-16H,1-6H3/t11-,12+,13-,14-,15+,16+/m0/s1. The van der Waals surface area contributed by atoms with Crippen LogP contribution in [0.15, 0.2) is 24.3 Å². The van der Waals surface area contributed by atoms with E-state index >= 15 is 0 Å². The van der Waals surface area contributed by atoms with Gasteiger partial charge < -0.3 is 8.85 Å². The highest BCUT2D eigenvalue weighted by Crippen LogP contribution is 2.56. The summed E-state index contributed by atoms with van der Waals surface area (Å²) in [5, 5.41) is 0. The summed E-state index contributed by atoms with van der Waals surface area (Å²) in [6.07, 6.45) is 8.62. The minimum Gasteiger partial charge on any atom is -0.520 e. The van der Waals surface area contributed by atoms with Gasteiger partial charge in [-0.1, -0.05) is 24.3 Å². The number of carbonyl (C=O) groups excluding carboxylic acids is 2. The number of allylic oxidation sites excluding steroid dienone is 4. The first-order valence-electron chi connectivity index (χ1n) is 8.80. The van der Waals surface area contributed by atoms with Gasteiger partial charge in [0, 0.05) is 0 Å². The van der Waals surface area contributed by atoms with Crippen molar-refractivity contribution in [3.8, 4) is 0 Å². The van der Waals surface area contributed by atoms with Gasteiger partial charge in [0.05, 0.1) is 11.8 Å². The third-order valence-electron chi connectivity index (χ3n) is 5.02. The molecule has 6 heteroatoms. The first kappa shape index (κ1) is 17.7. The third kappa shape index (κ3) is 3.18. The van der Waals surface area contributed by atoms with Gasteiger partial charge in [-0.3, -0.25) is 9.59 Å². The maximum absolute atomic E-state index is 12.9. The Bertz CT molecular complexity index is 559. The molecule has 0 unspecified atom stereocenters. The van der Waals surface area contributed by atoms with Crippen LogP contribution in [0.2, 0.25) is 39.3 Å². The summed E-state index contributed by atoms with van der Waals surface area (Å²) in [7, 11) is -4.00. The molecule has 1 saturated carbocycles. The van der Waals surface area contributed by atoms with Crippen LogP contribution in [0, 0.1) is 35.5 Å². The van der Waals surface area contributed by atoms with E-state index in [0.29, 0.717) is 11.8 Å². The molecule has 4 aliphatic rings. The van der Waals surface area contributed by atoms with Gasteiger partial charge in [-0.05, 0) is 63.0 Å². The van der Waals surface area contributed by atoms with Crippen molar-refractivity contribution in [2.45, 2.75) is 39.3 Å². The molecule has 2 bridgehead atoms. The second-order valence-electron chi connectivity index (χ2n) is 9.20. The molecule has 0 N–H and O–H groups in total. The van der Waals surface area contributed by atoms with E-state index in [4.69, 9.17) is 8.85 Å². The molecule has 0 aromatic heterocycles. The van der Waals surface area contributed by atoms with E-state index in [9.17, 15) is 9.59 Å². The molecule has 4 rings (SSSR count). The summed E-state index contributed by atoms with van der Waals surface area (Å²) < 4.78 is 11.6. The predicted molar refractivity (Wildman–Crippen MR) is 98.1 cm³/mol. The quantitative estimate of drug-likeness (QED) is 0.565. The second-order valence-corrected chi connectivity index (χ2v) is 18.1. The molecule has 0 aliphatic heterocycles. The lowest BCUT2D eigenvalue weighted by Crippen LogP contribution is -2.57. The van der Waals surface area contributed by atoms with Gasteiger partial charge in [0.1, 0.15) is 0 Å². The topological polar surface area (TPSA) is 52.6 Å². The van der Waals surface area contributed by atoms with Crippen molar-refractivity contribution in [1.82, 2.24) is 0 Å². The van der Waals surface area contributed by atoms with Gasteiger partial charge in [0.2, 0.25) is 16.6 Å². The zero-order chi connectivity index (χ0) is 17.9. The Morgan fingerprint density at radius 3 is 1.17 bits per heavy atom. The van der Waals surface area contributed by atoms with Gasteiger partial charge in [-0.15, -0.1) is 0 Å². The van der Waals surface area contributed by atoms with Crippen LogP contribution in [-0.2, 0) is 18.4 Å². The molecule has 4 aliphatic carbocycles. The van der Waals surface area contributed by atoms with E-state index in [1.165, 1.54) is 0 Å². The maximum atomic E-state index is 12.9. The van der Waals surface area contributed by atoms with Crippen LogP contribution in [0.1, 0.15) is 0 Å². The molecular weight excluding hydrogens is 336 g/mol. The van der Waals surface area contributed by atoms with E-state index in [1.807, 2.05) is 39.3 Å². The zero-order valence-corrected chi connectivity index (χ0v) is 17.4. The van der Waals surface area contributed by atoms with Crippen LogP contribution < -0.4 is 0 Å². The van der Waals surface area contributed by atoms with Crippen molar-refractivity contribution in [3.63, 3.8) is 0 Å². The fourth-order valence-electron chi connectivity index (χ4n) is 4.19. The highest BCUT2D eigenvalue weighted by molar-refractivity contribution is 6.71. The van der Waals surface area contributed by atoms with Crippen LogP contribution in [0.3, 0.4) is 0 Å². The van der Waals surface area contributed by atoms with E-state index in [0.717, 1.165) is 0 Å². The largest absolute Gasteiger partial charge is 0.520 e. The van der Waals surface area contributed by atoms with Crippen LogP contribution in [0.5, 0.6) is 0 Å². The van der Waals surface area contributed by atoms with Crippen molar-refractivity contribution < 1.29 is 18.4 Å². The van der Waals surface area contributed by atoms with Gasteiger partial charge in [-0.25, -0.2) is 0 Å². The fourth-order valence-corrected chi connectivity index (χ4v) is 5.67. The van der Waals surface area contributed by atoms with Gasteiger partial charge >= 0.3 is 0 Å². The highest BCUT2D eigenvalue weighted by Gasteiger charge is 2.58. The van der Waals surface area contributed by atoms with Crippen LogP contribution in [-0.4, -0.2) is 28.6 Å². The molecule has 24 heavy (non-hydrogen) atoms. The van der Waals surface area contributed by atoms with Gasteiger partial charge in [-0.2, -0.15) is 0 Å². The molecule has 132 valence electrons. The Morgan fingerprint density at radius 2 is 0.917 bits per heavy atom. The summed E-state index contributed by atoms with van der Waals surface area (Å²) >= 11 is 0. The lowest BCUT2D eigenvalue weighted by molar-refractivity contribution is -0.161. The van der Waals surface area contributed by atoms with Crippen LogP contribution in [0.4, 0.5) is 0 Å². The van der Waals surface area contributed by atoms with Crippen LogP contribution in [0.25, 0.3) is 0 Å². The molecule has 0 aromatic rings. The zero-order valence-electron chi connectivity index (χ0n) is 15.4. The summed E-state index contributed by atoms with van der Waals surface area (Å²) in [5.41, 5.74) is 0. The SMILES string of the molecule is C[Si](C)(C)OC(=O)[C@@H]1[C@H]2C=C[C@@H]([C@H]3C=C[C@H]32)[C@H]1C(=O)O[Si](C)(C)C. The first-order chi connectivity index (χ1) is 11.0. The lowest BCUT2D eigenvalue weighted by atomic mass is 9.50. The molecular formula is C18H28O4Si2. The number of rotatable bonds is 4. The Balaban J connectivity index is 1.91. The third-order valence-corrected chi connectivity index (χ3v) is 6.65. The Kier molecular flexibility index (Phi) is 4.19. The average Bonchev–Trinajstić information content (AvgIpc) is 2.32. The second kappa shape index (κ2) is 5.69. The van der Waals surface area contributed by atoms with Gasteiger partial charge in [0.15, 0.2) is 0 Å². The molecule has 6 atom stereocenters. The predicted octanol–water partition coefficient (Wildman–Crippen LogP) is 3.59. The smallest absolute Gasteiger partial charge is 0.297 e. The minimum absolute atomic E-state index is 0.0630.